The highest BCUT2D eigenvalue weighted by atomic mass is 32.2. The number of hydrogen-bond acceptors (Lipinski definition) is 6. The summed E-state index contributed by atoms with van der Waals surface area (Å²) in [5.41, 5.74) is 0.766. The Balaban J connectivity index is 1.58. The normalized spacial score (nSPS) is 22.2. The Kier molecular flexibility index (Phi) is 5.63. The Labute approximate surface area is 173 Å². The molecule has 1 fully saturated rings. The molecule has 0 bridgehead atoms. The number of rotatable bonds is 5. The van der Waals surface area contributed by atoms with E-state index >= 15 is 0 Å². The first-order chi connectivity index (χ1) is 14.3. The molecular weight excluding hydrogens is 409 g/mol. The van der Waals surface area contributed by atoms with Crippen molar-refractivity contribution in [2.45, 2.75) is 49.1 Å². The van der Waals surface area contributed by atoms with Gasteiger partial charge in [0.1, 0.15) is 17.5 Å². The van der Waals surface area contributed by atoms with Gasteiger partial charge in [-0.05, 0) is 62.6 Å². The van der Waals surface area contributed by atoms with Gasteiger partial charge in [0.2, 0.25) is 10.0 Å². The maximum Gasteiger partial charge on any atom is 0.240 e. The quantitative estimate of drug-likeness (QED) is 0.640. The molecule has 158 valence electrons. The molecule has 1 aliphatic carbocycles. The number of sulfonamides is 1. The summed E-state index contributed by atoms with van der Waals surface area (Å²) in [4.78, 5) is 8.63. The number of aliphatic hydroxyl groups excluding tert-OH is 1. The van der Waals surface area contributed by atoms with Gasteiger partial charge in [-0.2, -0.15) is 5.10 Å². The van der Waals surface area contributed by atoms with Crippen LogP contribution in [-0.4, -0.2) is 45.4 Å². The number of hydrogen-bond donors (Lipinski definition) is 2. The first kappa shape index (κ1) is 20.6. The van der Waals surface area contributed by atoms with Gasteiger partial charge in [-0.25, -0.2) is 27.2 Å². The minimum atomic E-state index is -3.90. The molecule has 0 spiro atoms. The molecule has 1 saturated carbocycles. The van der Waals surface area contributed by atoms with Gasteiger partial charge >= 0.3 is 0 Å². The van der Waals surface area contributed by atoms with Gasteiger partial charge in [0.15, 0.2) is 0 Å². The van der Waals surface area contributed by atoms with Crippen LogP contribution in [0.25, 0.3) is 5.69 Å². The van der Waals surface area contributed by atoms with Gasteiger partial charge in [-0.3, -0.25) is 4.98 Å². The van der Waals surface area contributed by atoms with Crippen molar-refractivity contribution in [2.24, 2.45) is 0 Å². The number of nitrogens with zero attached hydrogens (tertiary/aromatic N) is 4. The number of aliphatic hydroxyl groups is 1. The smallest absolute Gasteiger partial charge is 0.240 e. The molecule has 3 atom stereocenters. The maximum absolute atomic E-state index is 13.1. The molecule has 1 aromatic carbocycles. The average Bonchev–Trinajstić information content (AvgIpc) is 3.12. The van der Waals surface area contributed by atoms with Crippen LogP contribution >= 0.6 is 0 Å². The molecule has 0 unspecified atom stereocenters. The van der Waals surface area contributed by atoms with Gasteiger partial charge in [-0.1, -0.05) is 0 Å². The van der Waals surface area contributed by atoms with Crippen LogP contribution in [0.3, 0.4) is 0 Å². The molecule has 1 aliphatic rings. The largest absolute Gasteiger partial charge is 0.391 e. The Hall–Kier alpha value is -2.69. The fourth-order valence-electron chi connectivity index (χ4n) is 3.76. The molecule has 0 radical (unpaired) electrons. The molecule has 10 heteroatoms. The fraction of sp³-hybridized carbons (Fsp3) is 0.350. The Morgan fingerprint density at radius 1 is 1.20 bits per heavy atom. The van der Waals surface area contributed by atoms with Crippen molar-refractivity contribution in [1.29, 1.82) is 0 Å². The second kappa shape index (κ2) is 8.21. The van der Waals surface area contributed by atoms with Gasteiger partial charge in [0.25, 0.3) is 0 Å². The van der Waals surface area contributed by atoms with E-state index in [9.17, 15) is 17.9 Å². The van der Waals surface area contributed by atoms with E-state index < -0.39 is 28.0 Å². The van der Waals surface area contributed by atoms with Crippen LogP contribution in [0.1, 0.15) is 36.8 Å². The van der Waals surface area contributed by atoms with Gasteiger partial charge < -0.3 is 5.11 Å². The first-order valence-electron chi connectivity index (χ1n) is 9.63. The molecule has 8 nitrogen and oxygen atoms in total. The third-order valence-electron chi connectivity index (χ3n) is 5.24. The molecule has 2 aromatic heterocycles. The second-order valence-corrected chi connectivity index (χ2v) is 9.11. The third-order valence-corrected chi connectivity index (χ3v) is 6.74. The molecule has 2 heterocycles. The molecule has 0 saturated heterocycles. The molecule has 0 aliphatic heterocycles. The minimum Gasteiger partial charge on any atom is -0.391 e. The molecule has 30 heavy (non-hydrogen) atoms. The predicted molar refractivity (Wildman–Crippen MR) is 107 cm³/mol. The Morgan fingerprint density at radius 3 is 2.67 bits per heavy atom. The zero-order valence-corrected chi connectivity index (χ0v) is 17.1. The third kappa shape index (κ3) is 4.25. The number of benzene rings is 1. The molecule has 4 rings (SSSR count). The van der Waals surface area contributed by atoms with Crippen molar-refractivity contribution in [1.82, 2.24) is 24.5 Å². The van der Waals surface area contributed by atoms with Crippen LogP contribution in [0.2, 0.25) is 0 Å². The van der Waals surface area contributed by atoms with Crippen molar-refractivity contribution in [3.05, 3.63) is 66.3 Å². The highest BCUT2D eigenvalue weighted by Crippen LogP contribution is 2.34. The SMILES string of the molecule is Cc1nc([C@H]2CC[C@@H](O)[C@H](NS(=O)(=O)c3ccc(F)cc3)C2)n(-c2cccnc2)n1. The summed E-state index contributed by atoms with van der Waals surface area (Å²) in [5.74, 6) is 0.689. The van der Waals surface area contributed by atoms with Gasteiger partial charge in [0.05, 0.1) is 22.9 Å². The number of aromatic nitrogens is 4. The average molecular weight is 431 g/mol. The molecule has 0 amide bonds. The molecule has 2 N–H and O–H groups in total. The van der Waals surface area contributed by atoms with Crippen molar-refractivity contribution in [2.75, 3.05) is 0 Å². The van der Waals surface area contributed by atoms with Crippen LogP contribution in [0.15, 0.2) is 53.7 Å². The lowest BCUT2D eigenvalue weighted by Gasteiger charge is -2.33. The van der Waals surface area contributed by atoms with E-state index in [2.05, 4.69) is 19.8 Å². The predicted octanol–water partition coefficient (Wildman–Crippen LogP) is 2.09. The van der Waals surface area contributed by atoms with Gasteiger partial charge in [-0.15, -0.1) is 0 Å². The van der Waals surface area contributed by atoms with Crippen molar-refractivity contribution in [3.8, 4) is 5.69 Å². The zero-order valence-electron chi connectivity index (χ0n) is 16.3. The van der Waals surface area contributed by atoms with Crippen LogP contribution in [0, 0.1) is 12.7 Å². The molecule has 3 aromatic rings. The van der Waals surface area contributed by atoms with Crippen LogP contribution in [0.5, 0.6) is 0 Å². The van der Waals surface area contributed by atoms with Crippen molar-refractivity contribution in [3.63, 3.8) is 0 Å². The van der Waals surface area contributed by atoms with E-state index in [0.717, 1.165) is 17.8 Å². The highest BCUT2D eigenvalue weighted by Gasteiger charge is 2.35. The van der Waals surface area contributed by atoms with Crippen LogP contribution in [0.4, 0.5) is 4.39 Å². The van der Waals surface area contributed by atoms with E-state index in [1.807, 2.05) is 6.07 Å². The zero-order chi connectivity index (χ0) is 21.3. The number of nitrogens with one attached hydrogen (secondary N) is 1. The summed E-state index contributed by atoms with van der Waals surface area (Å²) < 4.78 is 42.8. The topological polar surface area (TPSA) is 110 Å². The summed E-state index contributed by atoms with van der Waals surface area (Å²) in [5, 5.41) is 14.9. The van der Waals surface area contributed by atoms with Gasteiger partial charge in [0, 0.05) is 18.2 Å². The summed E-state index contributed by atoms with van der Waals surface area (Å²) >= 11 is 0. The molecular formula is C20H22FN5O3S. The maximum atomic E-state index is 13.1. The van der Waals surface area contributed by atoms with Crippen LogP contribution < -0.4 is 4.72 Å². The monoisotopic (exact) mass is 431 g/mol. The lowest BCUT2D eigenvalue weighted by molar-refractivity contribution is 0.0918. The van der Waals surface area contributed by atoms with E-state index in [1.54, 1.807) is 30.1 Å². The Bertz CT molecular complexity index is 1120. The first-order valence-corrected chi connectivity index (χ1v) is 11.1. The fourth-order valence-corrected chi connectivity index (χ4v) is 5.04. The number of halogens is 1. The summed E-state index contributed by atoms with van der Waals surface area (Å²) in [6, 6.07) is 7.57. The number of pyridine rings is 1. The lowest BCUT2D eigenvalue weighted by Crippen LogP contribution is -2.46. The number of aryl methyl sites for hydroxylation is 1. The standard InChI is InChI=1S/C20H22FN5O3S/c1-13-23-20(26(24-13)16-3-2-10-22-12-16)14-4-9-19(27)18(11-14)25-30(28,29)17-7-5-15(21)6-8-17/h2-3,5-8,10,12,14,18-19,25,27H,4,9,11H2,1H3/t14-,18+,19+/m0/s1. The van der Waals surface area contributed by atoms with E-state index in [0.29, 0.717) is 30.9 Å². The Morgan fingerprint density at radius 2 is 1.97 bits per heavy atom. The van der Waals surface area contributed by atoms with E-state index in [1.165, 1.54) is 12.1 Å². The summed E-state index contributed by atoms with van der Waals surface area (Å²) in [6.45, 7) is 1.79. The lowest BCUT2D eigenvalue weighted by atomic mass is 9.83. The van der Waals surface area contributed by atoms with E-state index in [-0.39, 0.29) is 10.8 Å². The van der Waals surface area contributed by atoms with Crippen molar-refractivity contribution >= 4 is 10.0 Å². The van der Waals surface area contributed by atoms with Crippen molar-refractivity contribution < 1.29 is 17.9 Å². The van der Waals surface area contributed by atoms with E-state index in [4.69, 9.17) is 0 Å². The summed E-state index contributed by atoms with van der Waals surface area (Å²) in [6.07, 6.45) is 3.95. The minimum absolute atomic E-state index is 0.0485. The second-order valence-electron chi connectivity index (χ2n) is 7.40. The van der Waals surface area contributed by atoms with Crippen LogP contribution in [-0.2, 0) is 10.0 Å². The summed E-state index contributed by atoms with van der Waals surface area (Å²) in [7, 11) is -3.90. The highest BCUT2D eigenvalue weighted by molar-refractivity contribution is 7.89.